The zero-order valence-corrected chi connectivity index (χ0v) is 17.5. The molecule has 0 radical (unpaired) electrons. The molecule has 0 fully saturated rings. The number of rotatable bonds is 9. The molecule has 0 spiro atoms. The van der Waals surface area contributed by atoms with Crippen molar-refractivity contribution in [1.82, 2.24) is 10.2 Å². The summed E-state index contributed by atoms with van der Waals surface area (Å²) in [6.45, 7) is 4.30. The Balaban J connectivity index is 2.18. The molecule has 150 valence electrons. The first-order valence-electron chi connectivity index (χ1n) is 9.15. The second-order valence-electron chi connectivity index (χ2n) is 6.19. The summed E-state index contributed by atoms with van der Waals surface area (Å²) < 4.78 is 5.59. The van der Waals surface area contributed by atoms with E-state index in [9.17, 15) is 9.59 Å². The van der Waals surface area contributed by atoms with Crippen LogP contribution >= 0.6 is 23.2 Å². The van der Waals surface area contributed by atoms with E-state index in [0.717, 1.165) is 5.56 Å². The first-order chi connectivity index (χ1) is 13.5. The first-order valence-corrected chi connectivity index (χ1v) is 9.90. The molecule has 2 amide bonds. The number of halogens is 2. The third-order valence-corrected chi connectivity index (χ3v) is 4.71. The SMILES string of the molecule is CCNC(=O)[C@H](CC)N(Cc1ccccc1)C(=O)COc1ccc(Cl)cc1Cl. The highest BCUT2D eigenvalue weighted by Gasteiger charge is 2.28. The molecule has 1 atom stereocenters. The molecule has 2 aromatic carbocycles. The molecule has 5 nitrogen and oxygen atoms in total. The molecular weight excluding hydrogens is 399 g/mol. The van der Waals surface area contributed by atoms with Gasteiger partial charge < -0.3 is 15.0 Å². The fourth-order valence-electron chi connectivity index (χ4n) is 2.81. The van der Waals surface area contributed by atoms with Gasteiger partial charge in [0.2, 0.25) is 5.91 Å². The van der Waals surface area contributed by atoms with Gasteiger partial charge in [0.1, 0.15) is 11.8 Å². The minimum atomic E-state index is -0.586. The van der Waals surface area contributed by atoms with Crippen LogP contribution in [0.1, 0.15) is 25.8 Å². The van der Waals surface area contributed by atoms with Crippen LogP contribution in [0, 0.1) is 0 Å². The molecule has 7 heteroatoms. The zero-order chi connectivity index (χ0) is 20.5. The van der Waals surface area contributed by atoms with E-state index in [1.807, 2.05) is 44.2 Å². The van der Waals surface area contributed by atoms with Crippen molar-refractivity contribution in [3.8, 4) is 5.75 Å². The highest BCUT2D eigenvalue weighted by Crippen LogP contribution is 2.27. The van der Waals surface area contributed by atoms with Crippen LogP contribution in [0.25, 0.3) is 0 Å². The number of hydrogen-bond donors (Lipinski definition) is 1. The van der Waals surface area contributed by atoms with Gasteiger partial charge in [-0.05, 0) is 37.1 Å². The van der Waals surface area contributed by atoms with Gasteiger partial charge in [0.25, 0.3) is 5.91 Å². The standard InChI is InChI=1S/C21H24Cl2N2O3/c1-3-18(21(27)24-4-2)25(13-15-8-6-5-7-9-15)20(26)14-28-19-11-10-16(22)12-17(19)23/h5-12,18H,3-4,13-14H2,1-2H3,(H,24,27)/t18-/m0/s1. The topological polar surface area (TPSA) is 58.6 Å². The lowest BCUT2D eigenvalue weighted by Crippen LogP contribution is -2.50. The number of ether oxygens (including phenoxy) is 1. The molecule has 0 aliphatic rings. The fraction of sp³-hybridized carbons (Fsp3) is 0.333. The normalized spacial score (nSPS) is 11.6. The van der Waals surface area contributed by atoms with Gasteiger partial charge >= 0.3 is 0 Å². The average Bonchev–Trinajstić information content (AvgIpc) is 2.68. The Bertz CT molecular complexity index is 799. The van der Waals surface area contributed by atoms with Gasteiger partial charge in [-0.15, -0.1) is 0 Å². The second kappa shape index (κ2) is 10.9. The number of benzene rings is 2. The van der Waals surface area contributed by atoms with Crippen molar-refractivity contribution < 1.29 is 14.3 Å². The molecule has 2 aromatic rings. The van der Waals surface area contributed by atoms with Crippen LogP contribution in [0.3, 0.4) is 0 Å². The van der Waals surface area contributed by atoms with Crippen molar-refractivity contribution in [2.45, 2.75) is 32.9 Å². The Morgan fingerprint density at radius 2 is 1.82 bits per heavy atom. The maximum atomic E-state index is 13.0. The quantitative estimate of drug-likeness (QED) is 0.654. The van der Waals surface area contributed by atoms with Crippen LogP contribution in [-0.4, -0.2) is 35.9 Å². The second-order valence-corrected chi connectivity index (χ2v) is 7.03. The molecule has 1 N–H and O–H groups in total. The fourth-order valence-corrected chi connectivity index (χ4v) is 3.27. The predicted octanol–water partition coefficient (Wildman–Crippen LogP) is 4.32. The highest BCUT2D eigenvalue weighted by molar-refractivity contribution is 6.35. The molecule has 0 aliphatic heterocycles. The summed E-state index contributed by atoms with van der Waals surface area (Å²) in [4.78, 5) is 27.0. The number of nitrogens with one attached hydrogen (secondary N) is 1. The molecule has 0 aromatic heterocycles. The molecule has 0 aliphatic carbocycles. The molecule has 28 heavy (non-hydrogen) atoms. The Labute approximate surface area is 175 Å². The molecule has 0 saturated heterocycles. The third kappa shape index (κ3) is 6.14. The van der Waals surface area contributed by atoms with Crippen molar-refractivity contribution in [3.63, 3.8) is 0 Å². The molecule has 0 heterocycles. The van der Waals surface area contributed by atoms with Crippen LogP contribution < -0.4 is 10.1 Å². The van der Waals surface area contributed by atoms with Crippen LogP contribution in [-0.2, 0) is 16.1 Å². The van der Waals surface area contributed by atoms with Gasteiger partial charge in [-0.3, -0.25) is 9.59 Å². The molecule has 0 bridgehead atoms. The lowest BCUT2D eigenvalue weighted by Gasteiger charge is -2.30. The minimum Gasteiger partial charge on any atom is -0.482 e. The Morgan fingerprint density at radius 3 is 2.43 bits per heavy atom. The van der Waals surface area contributed by atoms with E-state index in [1.165, 1.54) is 0 Å². The monoisotopic (exact) mass is 422 g/mol. The van der Waals surface area contributed by atoms with Crippen molar-refractivity contribution in [2.24, 2.45) is 0 Å². The van der Waals surface area contributed by atoms with Gasteiger partial charge in [-0.25, -0.2) is 0 Å². The van der Waals surface area contributed by atoms with Gasteiger partial charge in [0, 0.05) is 18.1 Å². The minimum absolute atomic E-state index is 0.182. The average molecular weight is 423 g/mol. The van der Waals surface area contributed by atoms with E-state index < -0.39 is 6.04 Å². The molecular formula is C21H24Cl2N2O3. The van der Waals surface area contributed by atoms with E-state index >= 15 is 0 Å². The summed E-state index contributed by atoms with van der Waals surface area (Å²) in [6.07, 6.45) is 0.492. The van der Waals surface area contributed by atoms with Gasteiger partial charge in [-0.2, -0.15) is 0 Å². The lowest BCUT2D eigenvalue weighted by molar-refractivity contribution is -0.142. The maximum absolute atomic E-state index is 13.0. The van der Waals surface area contributed by atoms with Gasteiger partial charge in [0.05, 0.1) is 5.02 Å². The van der Waals surface area contributed by atoms with E-state index in [1.54, 1.807) is 23.1 Å². The number of amides is 2. The summed E-state index contributed by atoms with van der Waals surface area (Å²) in [5.74, 6) is -0.114. The van der Waals surface area contributed by atoms with Crippen molar-refractivity contribution in [3.05, 3.63) is 64.1 Å². The lowest BCUT2D eigenvalue weighted by atomic mass is 10.1. The van der Waals surface area contributed by atoms with Gasteiger partial charge in [-0.1, -0.05) is 60.5 Å². The number of hydrogen-bond acceptors (Lipinski definition) is 3. The Kier molecular flexibility index (Phi) is 8.61. The first kappa shape index (κ1) is 22.1. The molecule has 0 saturated carbocycles. The Hall–Kier alpha value is -2.24. The Morgan fingerprint density at radius 1 is 1.11 bits per heavy atom. The van der Waals surface area contributed by atoms with E-state index in [-0.39, 0.29) is 18.4 Å². The summed E-state index contributed by atoms with van der Waals surface area (Å²) >= 11 is 12.0. The smallest absolute Gasteiger partial charge is 0.261 e. The maximum Gasteiger partial charge on any atom is 0.261 e. The highest BCUT2D eigenvalue weighted by atomic mass is 35.5. The largest absolute Gasteiger partial charge is 0.482 e. The van der Waals surface area contributed by atoms with Gasteiger partial charge in [0.15, 0.2) is 6.61 Å². The van der Waals surface area contributed by atoms with E-state index in [2.05, 4.69) is 5.32 Å². The van der Waals surface area contributed by atoms with Crippen LogP contribution in [0.2, 0.25) is 10.0 Å². The van der Waals surface area contributed by atoms with E-state index in [0.29, 0.717) is 35.3 Å². The number of likely N-dealkylation sites (N-methyl/N-ethyl adjacent to an activating group) is 1. The summed E-state index contributed by atoms with van der Waals surface area (Å²) in [5, 5.41) is 3.61. The predicted molar refractivity (Wildman–Crippen MR) is 112 cm³/mol. The zero-order valence-electron chi connectivity index (χ0n) is 16.0. The van der Waals surface area contributed by atoms with Crippen molar-refractivity contribution in [1.29, 1.82) is 0 Å². The third-order valence-electron chi connectivity index (χ3n) is 4.18. The van der Waals surface area contributed by atoms with Crippen LogP contribution in [0.15, 0.2) is 48.5 Å². The number of nitrogens with zero attached hydrogens (tertiary/aromatic N) is 1. The molecule has 2 rings (SSSR count). The van der Waals surface area contributed by atoms with Crippen LogP contribution in [0.4, 0.5) is 0 Å². The number of carbonyl (C=O) groups is 2. The van der Waals surface area contributed by atoms with Crippen molar-refractivity contribution in [2.75, 3.05) is 13.2 Å². The van der Waals surface area contributed by atoms with Crippen molar-refractivity contribution >= 4 is 35.0 Å². The molecule has 0 unspecified atom stereocenters. The summed E-state index contributed by atoms with van der Waals surface area (Å²) in [5.41, 5.74) is 0.933. The van der Waals surface area contributed by atoms with Crippen LogP contribution in [0.5, 0.6) is 5.75 Å². The number of carbonyl (C=O) groups excluding carboxylic acids is 2. The summed E-state index contributed by atoms with van der Waals surface area (Å²) in [7, 11) is 0. The summed E-state index contributed by atoms with van der Waals surface area (Å²) in [6, 6.07) is 13.8. The van der Waals surface area contributed by atoms with E-state index in [4.69, 9.17) is 27.9 Å².